The van der Waals surface area contributed by atoms with Crippen LogP contribution < -0.4 is 10.9 Å². The molecule has 0 unspecified atom stereocenters. The average molecular weight is 492 g/mol. The minimum Gasteiger partial charge on any atom is -0.325 e. The first kappa shape index (κ1) is 20.1. The van der Waals surface area contributed by atoms with Gasteiger partial charge in [0.25, 0.3) is 5.56 Å². The van der Waals surface area contributed by atoms with Crippen LogP contribution in [-0.4, -0.2) is 30.8 Å². The van der Waals surface area contributed by atoms with Gasteiger partial charge in [-0.15, -0.1) is 21.5 Å². The molecule has 0 aliphatic carbocycles. The number of fused-ring (bicyclic) bond motifs is 3. The number of thiophene rings is 1. The molecule has 1 aromatic carbocycles. The largest absolute Gasteiger partial charge is 0.325 e. The van der Waals surface area contributed by atoms with Gasteiger partial charge in [0.15, 0.2) is 5.16 Å². The number of benzene rings is 1. The van der Waals surface area contributed by atoms with Crippen molar-refractivity contribution in [1.29, 1.82) is 0 Å². The Morgan fingerprint density at radius 1 is 1.31 bits per heavy atom. The summed E-state index contributed by atoms with van der Waals surface area (Å²) in [7, 11) is 0. The Labute approximate surface area is 183 Å². The Morgan fingerprint density at radius 3 is 2.97 bits per heavy atom. The highest BCUT2D eigenvalue weighted by atomic mass is 79.9. The van der Waals surface area contributed by atoms with Gasteiger partial charge >= 0.3 is 0 Å². The Hall–Kier alpha value is -2.17. The lowest BCUT2D eigenvalue weighted by atomic mass is 10.3. The highest BCUT2D eigenvalue weighted by Crippen LogP contribution is 2.25. The van der Waals surface area contributed by atoms with Crippen molar-refractivity contribution >= 4 is 66.6 Å². The van der Waals surface area contributed by atoms with Crippen LogP contribution in [0, 0.1) is 0 Å². The summed E-state index contributed by atoms with van der Waals surface area (Å²) < 4.78 is 5.13. The zero-order chi connectivity index (χ0) is 20.4. The summed E-state index contributed by atoms with van der Waals surface area (Å²) in [5, 5.41) is 13.9. The third kappa shape index (κ3) is 4.10. The van der Waals surface area contributed by atoms with Crippen molar-refractivity contribution in [2.24, 2.45) is 0 Å². The number of hydrogen-bond acceptors (Lipinski definition) is 6. The molecular formula is C19H18BrN5O2S2. The number of halogens is 1. The molecule has 3 aromatic heterocycles. The number of carbonyl (C=O) groups is 1. The molecule has 1 amide bonds. The number of aromatic nitrogens is 4. The van der Waals surface area contributed by atoms with Gasteiger partial charge in [0.1, 0.15) is 4.70 Å². The molecule has 7 nitrogen and oxygen atoms in total. The number of nitrogens with zero attached hydrogens (tertiary/aromatic N) is 4. The molecular weight excluding hydrogens is 474 g/mol. The van der Waals surface area contributed by atoms with Crippen LogP contribution in [0.3, 0.4) is 0 Å². The first-order chi connectivity index (χ1) is 14.1. The normalized spacial score (nSPS) is 11.4. The maximum Gasteiger partial charge on any atom is 0.272 e. The number of carbonyl (C=O) groups excluding carboxylic acids is 1. The van der Waals surface area contributed by atoms with Crippen molar-refractivity contribution in [1.82, 2.24) is 19.2 Å². The van der Waals surface area contributed by atoms with Crippen LogP contribution in [0.5, 0.6) is 0 Å². The van der Waals surface area contributed by atoms with Crippen LogP contribution in [-0.2, 0) is 11.3 Å². The number of nitrogens with one attached hydrogen (secondary N) is 1. The standard InChI is InChI=1S/C19H18BrN5O2S2/c1-2-3-8-24-17(27)16-14(7-9-28-16)25-18(24)22-23-19(25)29-11-15(26)21-13-6-4-5-12(20)10-13/h4-7,9-10H,2-3,8,11H2,1H3,(H,21,26). The topological polar surface area (TPSA) is 81.3 Å². The summed E-state index contributed by atoms with van der Waals surface area (Å²) in [6.45, 7) is 2.68. The fraction of sp³-hybridized carbons (Fsp3) is 0.263. The van der Waals surface area contributed by atoms with Crippen LogP contribution in [0.1, 0.15) is 19.8 Å². The van der Waals surface area contributed by atoms with E-state index in [1.54, 1.807) is 4.57 Å². The van der Waals surface area contributed by atoms with Gasteiger partial charge in [-0.1, -0.05) is 47.1 Å². The Bertz CT molecular complexity index is 1250. The zero-order valence-electron chi connectivity index (χ0n) is 15.6. The zero-order valence-corrected chi connectivity index (χ0v) is 18.8. The summed E-state index contributed by atoms with van der Waals surface area (Å²) in [5.41, 5.74) is 1.47. The van der Waals surface area contributed by atoms with E-state index in [1.807, 2.05) is 40.1 Å². The van der Waals surface area contributed by atoms with E-state index >= 15 is 0 Å². The number of thioether (sulfide) groups is 1. The molecule has 0 saturated carbocycles. The maximum absolute atomic E-state index is 12.8. The fourth-order valence-corrected chi connectivity index (χ4v) is 4.97. The van der Waals surface area contributed by atoms with Crippen LogP contribution in [0.25, 0.3) is 16.0 Å². The van der Waals surface area contributed by atoms with E-state index in [1.165, 1.54) is 23.1 Å². The van der Waals surface area contributed by atoms with E-state index in [0.717, 1.165) is 28.5 Å². The molecule has 4 aromatic rings. The number of anilines is 1. The molecule has 10 heteroatoms. The predicted octanol–water partition coefficient (Wildman–Crippen LogP) is 4.40. The summed E-state index contributed by atoms with van der Waals surface area (Å²) in [6.07, 6.45) is 1.86. The van der Waals surface area contributed by atoms with Crippen LogP contribution in [0.15, 0.2) is 50.1 Å². The molecule has 0 saturated heterocycles. The highest BCUT2D eigenvalue weighted by Gasteiger charge is 2.18. The first-order valence-corrected chi connectivity index (χ1v) is 11.8. The van der Waals surface area contributed by atoms with E-state index in [2.05, 4.69) is 38.4 Å². The van der Waals surface area contributed by atoms with Gasteiger partial charge in [-0.05, 0) is 36.1 Å². The third-order valence-electron chi connectivity index (χ3n) is 4.36. The maximum atomic E-state index is 12.8. The number of aryl methyl sites for hydroxylation is 1. The SMILES string of the molecule is CCCCn1c(=O)c2sccc2n2c(SCC(=O)Nc3cccc(Br)c3)nnc12. The Morgan fingerprint density at radius 2 is 2.17 bits per heavy atom. The smallest absolute Gasteiger partial charge is 0.272 e. The van der Waals surface area contributed by atoms with E-state index < -0.39 is 0 Å². The number of hydrogen-bond donors (Lipinski definition) is 1. The number of rotatable bonds is 7. The molecule has 0 spiro atoms. The minimum atomic E-state index is -0.134. The lowest BCUT2D eigenvalue weighted by Gasteiger charge is -2.09. The van der Waals surface area contributed by atoms with E-state index in [-0.39, 0.29) is 17.2 Å². The molecule has 0 radical (unpaired) electrons. The van der Waals surface area contributed by atoms with Gasteiger partial charge in [-0.25, -0.2) is 0 Å². The van der Waals surface area contributed by atoms with Gasteiger partial charge in [-0.2, -0.15) is 0 Å². The molecule has 3 heterocycles. The molecule has 1 N–H and O–H groups in total. The van der Waals surface area contributed by atoms with Gasteiger partial charge in [0, 0.05) is 16.7 Å². The molecule has 150 valence electrons. The summed E-state index contributed by atoms with van der Waals surface area (Å²) in [4.78, 5) is 25.2. The Balaban J connectivity index is 1.62. The second-order valence-electron chi connectivity index (χ2n) is 6.41. The molecule has 0 aliphatic rings. The van der Waals surface area contributed by atoms with Gasteiger partial charge in [0.2, 0.25) is 11.7 Å². The van der Waals surface area contributed by atoms with E-state index in [0.29, 0.717) is 22.2 Å². The van der Waals surface area contributed by atoms with E-state index in [4.69, 9.17) is 0 Å². The second kappa shape index (κ2) is 8.68. The lowest BCUT2D eigenvalue weighted by Crippen LogP contribution is -2.22. The summed E-state index contributed by atoms with van der Waals surface area (Å²) >= 11 is 6.11. The average Bonchev–Trinajstić information content (AvgIpc) is 3.33. The second-order valence-corrected chi connectivity index (χ2v) is 9.18. The molecule has 0 bridgehead atoms. The highest BCUT2D eigenvalue weighted by molar-refractivity contribution is 9.10. The molecule has 4 rings (SSSR count). The van der Waals surface area contributed by atoms with Crippen LogP contribution in [0.2, 0.25) is 0 Å². The van der Waals surface area contributed by atoms with Gasteiger partial charge in [-0.3, -0.25) is 18.6 Å². The molecule has 0 atom stereocenters. The molecule has 0 aliphatic heterocycles. The minimum absolute atomic E-state index is 0.0349. The van der Waals surface area contributed by atoms with Crippen molar-refractivity contribution in [3.63, 3.8) is 0 Å². The predicted molar refractivity (Wildman–Crippen MR) is 121 cm³/mol. The lowest BCUT2D eigenvalue weighted by molar-refractivity contribution is -0.113. The van der Waals surface area contributed by atoms with E-state index in [9.17, 15) is 9.59 Å². The number of unbranched alkanes of at least 4 members (excludes halogenated alkanes) is 1. The van der Waals surface area contributed by atoms with Crippen molar-refractivity contribution in [3.8, 4) is 0 Å². The van der Waals surface area contributed by atoms with Crippen molar-refractivity contribution in [2.45, 2.75) is 31.5 Å². The fourth-order valence-electron chi connectivity index (χ4n) is 3.00. The van der Waals surface area contributed by atoms with Gasteiger partial charge in [0.05, 0.1) is 11.3 Å². The first-order valence-electron chi connectivity index (χ1n) is 9.12. The Kier molecular flexibility index (Phi) is 6.02. The van der Waals surface area contributed by atoms with Crippen LogP contribution >= 0.6 is 39.0 Å². The summed E-state index contributed by atoms with van der Waals surface area (Å²) in [6, 6.07) is 9.34. The summed E-state index contributed by atoms with van der Waals surface area (Å²) in [5.74, 6) is 0.572. The quantitative estimate of drug-likeness (QED) is 0.387. The monoisotopic (exact) mass is 491 g/mol. The molecule has 29 heavy (non-hydrogen) atoms. The third-order valence-corrected chi connectivity index (χ3v) is 6.67. The van der Waals surface area contributed by atoms with Crippen molar-refractivity contribution in [2.75, 3.05) is 11.1 Å². The van der Waals surface area contributed by atoms with Crippen molar-refractivity contribution < 1.29 is 4.79 Å². The molecule has 0 fully saturated rings. The van der Waals surface area contributed by atoms with Crippen molar-refractivity contribution in [3.05, 3.63) is 50.5 Å². The van der Waals surface area contributed by atoms with Crippen LogP contribution in [0.4, 0.5) is 5.69 Å². The number of amides is 1. The van der Waals surface area contributed by atoms with Gasteiger partial charge < -0.3 is 5.32 Å².